The fourth-order valence-electron chi connectivity index (χ4n) is 3.36. The summed E-state index contributed by atoms with van der Waals surface area (Å²) in [6, 6.07) is 7.36. The number of piperidine rings is 1. The minimum Gasteiger partial charge on any atom is -0.338 e. The zero-order valence-electron chi connectivity index (χ0n) is 15.4. The van der Waals surface area contributed by atoms with Crippen LogP contribution in [0.25, 0.3) is 0 Å². The number of benzene rings is 1. The van der Waals surface area contributed by atoms with E-state index in [2.05, 4.69) is 10.0 Å². The summed E-state index contributed by atoms with van der Waals surface area (Å²) >= 11 is 0. The van der Waals surface area contributed by atoms with Crippen LogP contribution in [0.4, 0.5) is 5.69 Å². The molecule has 1 saturated heterocycles. The van der Waals surface area contributed by atoms with Gasteiger partial charge in [0.15, 0.2) is 0 Å². The molecule has 0 aromatic heterocycles. The maximum atomic E-state index is 12.9. The van der Waals surface area contributed by atoms with Crippen LogP contribution in [0.5, 0.6) is 0 Å². The summed E-state index contributed by atoms with van der Waals surface area (Å²) < 4.78 is 26.7. The number of para-hydroxylation sites is 1. The summed E-state index contributed by atoms with van der Waals surface area (Å²) in [5, 5.41) is 3.61. The predicted molar refractivity (Wildman–Crippen MR) is 104 cm³/mol. The van der Waals surface area contributed by atoms with E-state index in [0.29, 0.717) is 36.8 Å². The van der Waals surface area contributed by atoms with Crippen LogP contribution in [0, 0.1) is 5.92 Å². The van der Waals surface area contributed by atoms with Crippen molar-refractivity contribution in [1.82, 2.24) is 10.2 Å². The Morgan fingerprint density at radius 1 is 1.15 bits per heavy atom. The van der Waals surface area contributed by atoms with E-state index in [4.69, 9.17) is 0 Å². The van der Waals surface area contributed by atoms with Gasteiger partial charge in [-0.15, -0.1) is 0 Å². The van der Waals surface area contributed by atoms with Crippen molar-refractivity contribution >= 4 is 21.6 Å². The van der Waals surface area contributed by atoms with E-state index in [1.54, 1.807) is 24.3 Å². The second-order valence-electron chi connectivity index (χ2n) is 7.38. The smallest absolute Gasteiger partial charge is 0.255 e. The van der Waals surface area contributed by atoms with Crippen molar-refractivity contribution in [3.63, 3.8) is 0 Å². The molecule has 2 N–H and O–H groups in total. The molecule has 0 bridgehead atoms. The lowest BCUT2D eigenvalue weighted by Crippen LogP contribution is -2.45. The third-order valence-corrected chi connectivity index (χ3v) is 6.55. The Balaban J connectivity index is 1.61. The van der Waals surface area contributed by atoms with Gasteiger partial charge >= 0.3 is 0 Å². The average molecular weight is 380 g/mol. The molecule has 0 unspecified atom stereocenters. The van der Waals surface area contributed by atoms with E-state index in [0.717, 1.165) is 25.3 Å². The Kier molecular flexibility index (Phi) is 6.19. The SMILES string of the molecule is CCCS(=O)(=O)Nc1ccccc1C(=O)N1CCC(NCC2CC2)CC1. The minimum atomic E-state index is -3.42. The fourth-order valence-corrected chi connectivity index (χ4v) is 4.51. The van der Waals surface area contributed by atoms with Crippen molar-refractivity contribution in [2.45, 2.75) is 45.1 Å². The molecule has 3 rings (SSSR count). The molecule has 1 aromatic carbocycles. The van der Waals surface area contributed by atoms with Crippen molar-refractivity contribution in [2.24, 2.45) is 5.92 Å². The quantitative estimate of drug-likeness (QED) is 0.727. The van der Waals surface area contributed by atoms with Gasteiger partial charge in [-0.1, -0.05) is 19.1 Å². The van der Waals surface area contributed by atoms with E-state index < -0.39 is 10.0 Å². The van der Waals surface area contributed by atoms with Crippen LogP contribution in [-0.2, 0) is 10.0 Å². The van der Waals surface area contributed by atoms with Crippen molar-refractivity contribution in [3.8, 4) is 0 Å². The number of carbonyl (C=O) groups is 1. The number of rotatable bonds is 8. The van der Waals surface area contributed by atoms with Gasteiger partial charge in [-0.25, -0.2) is 8.42 Å². The first-order chi connectivity index (χ1) is 12.5. The number of carbonyl (C=O) groups excluding carboxylic acids is 1. The third kappa shape index (κ3) is 5.20. The molecule has 26 heavy (non-hydrogen) atoms. The van der Waals surface area contributed by atoms with Gasteiger partial charge in [-0.3, -0.25) is 9.52 Å². The van der Waals surface area contributed by atoms with Gasteiger partial charge in [0.05, 0.1) is 17.0 Å². The molecule has 6 nitrogen and oxygen atoms in total. The van der Waals surface area contributed by atoms with E-state index in [1.807, 2.05) is 11.8 Å². The number of nitrogens with zero attached hydrogens (tertiary/aromatic N) is 1. The Morgan fingerprint density at radius 2 is 1.85 bits per heavy atom. The van der Waals surface area contributed by atoms with Crippen LogP contribution in [0.3, 0.4) is 0 Å². The van der Waals surface area contributed by atoms with Gasteiger partial charge in [0.1, 0.15) is 0 Å². The van der Waals surface area contributed by atoms with Gasteiger partial charge in [-0.2, -0.15) is 0 Å². The van der Waals surface area contributed by atoms with Gasteiger partial charge < -0.3 is 10.2 Å². The molecule has 1 saturated carbocycles. The van der Waals surface area contributed by atoms with E-state index in [-0.39, 0.29) is 11.7 Å². The van der Waals surface area contributed by atoms with E-state index in [1.165, 1.54) is 12.8 Å². The summed E-state index contributed by atoms with van der Waals surface area (Å²) in [5.41, 5.74) is 0.802. The molecule has 1 aliphatic heterocycles. The molecule has 7 heteroatoms. The third-order valence-electron chi connectivity index (χ3n) is 5.07. The van der Waals surface area contributed by atoms with Crippen LogP contribution in [0.2, 0.25) is 0 Å². The van der Waals surface area contributed by atoms with Gasteiger partial charge in [0, 0.05) is 19.1 Å². The highest BCUT2D eigenvalue weighted by molar-refractivity contribution is 7.92. The zero-order valence-corrected chi connectivity index (χ0v) is 16.2. The van der Waals surface area contributed by atoms with Crippen LogP contribution in [0.15, 0.2) is 24.3 Å². The number of sulfonamides is 1. The standard InChI is InChI=1S/C19H29N3O3S/c1-2-13-26(24,25)21-18-6-4-3-5-17(18)19(23)22-11-9-16(10-12-22)20-14-15-7-8-15/h3-6,15-16,20-21H,2,7-14H2,1H3. The van der Waals surface area contributed by atoms with Crippen molar-refractivity contribution in [1.29, 1.82) is 0 Å². The normalized spacial score (nSPS) is 18.7. The number of nitrogens with one attached hydrogen (secondary N) is 2. The average Bonchev–Trinajstić information content (AvgIpc) is 3.44. The first kappa shape index (κ1) is 19.2. The van der Waals surface area contributed by atoms with Gasteiger partial charge in [0.25, 0.3) is 5.91 Å². The van der Waals surface area contributed by atoms with Crippen LogP contribution in [0.1, 0.15) is 49.4 Å². The molecule has 0 radical (unpaired) electrons. The highest BCUT2D eigenvalue weighted by Crippen LogP contribution is 2.28. The Morgan fingerprint density at radius 3 is 2.50 bits per heavy atom. The molecule has 2 fully saturated rings. The molecule has 0 spiro atoms. The molecule has 0 atom stereocenters. The predicted octanol–water partition coefficient (Wildman–Crippen LogP) is 2.44. The molecular weight excluding hydrogens is 350 g/mol. The van der Waals surface area contributed by atoms with E-state index >= 15 is 0 Å². The topological polar surface area (TPSA) is 78.5 Å². The fraction of sp³-hybridized carbons (Fsp3) is 0.632. The van der Waals surface area contributed by atoms with Crippen molar-refractivity contribution < 1.29 is 13.2 Å². The maximum Gasteiger partial charge on any atom is 0.255 e. The van der Waals surface area contributed by atoms with Crippen LogP contribution < -0.4 is 10.0 Å². The molecule has 144 valence electrons. The second kappa shape index (κ2) is 8.39. The van der Waals surface area contributed by atoms with Crippen molar-refractivity contribution in [2.75, 3.05) is 30.1 Å². The molecule has 1 amide bonds. The summed E-state index contributed by atoms with van der Waals surface area (Å²) in [7, 11) is -3.42. The molecule has 1 aromatic rings. The zero-order chi connectivity index (χ0) is 18.6. The molecule has 1 heterocycles. The van der Waals surface area contributed by atoms with Crippen molar-refractivity contribution in [3.05, 3.63) is 29.8 Å². The lowest BCUT2D eigenvalue weighted by Gasteiger charge is -2.33. The summed E-state index contributed by atoms with van der Waals surface area (Å²) in [6.45, 7) is 4.33. The first-order valence-corrected chi connectivity index (χ1v) is 11.3. The van der Waals surface area contributed by atoms with Gasteiger partial charge in [0.2, 0.25) is 10.0 Å². The van der Waals surface area contributed by atoms with E-state index in [9.17, 15) is 13.2 Å². The maximum absolute atomic E-state index is 12.9. The number of likely N-dealkylation sites (tertiary alicyclic amines) is 1. The molecular formula is C19H29N3O3S. The molecule has 2 aliphatic rings. The number of hydrogen-bond donors (Lipinski definition) is 2. The highest BCUT2D eigenvalue weighted by Gasteiger charge is 2.27. The lowest BCUT2D eigenvalue weighted by molar-refractivity contribution is 0.0706. The molecule has 1 aliphatic carbocycles. The second-order valence-corrected chi connectivity index (χ2v) is 9.23. The van der Waals surface area contributed by atoms with Crippen LogP contribution in [-0.4, -0.2) is 50.7 Å². The summed E-state index contributed by atoms with van der Waals surface area (Å²) in [6.07, 6.45) is 5.11. The van der Waals surface area contributed by atoms with Gasteiger partial charge in [-0.05, 0) is 56.7 Å². The number of amides is 1. The van der Waals surface area contributed by atoms with Crippen LogP contribution >= 0.6 is 0 Å². The Hall–Kier alpha value is -1.60. The number of hydrogen-bond acceptors (Lipinski definition) is 4. The number of anilines is 1. The monoisotopic (exact) mass is 379 g/mol. The minimum absolute atomic E-state index is 0.0492. The lowest BCUT2D eigenvalue weighted by atomic mass is 10.0. The first-order valence-electron chi connectivity index (χ1n) is 9.60. The largest absolute Gasteiger partial charge is 0.338 e. The summed E-state index contributed by atoms with van der Waals surface area (Å²) in [4.78, 5) is 14.8. The highest BCUT2D eigenvalue weighted by atomic mass is 32.2. The summed E-state index contributed by atoms with van der Waals surface area (Å²) in [5.74, 6) is 0.811. The Labute approximate surface area is 156 Å². The Bertz CT molecular complexity index is 723.